The minimum atomic E-state index is -1.04. The van der Waals surface area contributed by atoms with Gasteiger partial charge in [-0.25, -0.2) is 0 Å². The maximum Gasteiger partial charge on any atom is 0.305 e. The summed E-state index contributed by atoms with van der Waals surface area (Å²) >= 11 is 0. The van der Waals surface area contributed by atoms with Crippen LogP contribution in [0.25, 0.3) is 0 Å². The number of aliphatic hydroxyl groups is 1. The Labute approximate surface area is 93.8 Å². The van der Waals surface area contributed by atoms with E-state index in [1.54, 1.807) is 6.42 Å². The van der Waals surface area contributed by atoms with Crippen LogP contribution in [0.3, 0.4) is 0 Å². The van der Waals surface area contributed by atoms with Gasteiger partial charge in [-0.3, -0.25) is 9.59 Å². The molecule has 1 radical (unpaired) electrons. The van der Waals surface area contributed by atoms with Crippen molar-refractivity contribution in [1.29, 1.82) is 0 Å². The summed E-state index contributed by atoms with van der Waals surface area (Å²) in [6.07, 6.45) is 1.23. The Morgan fingerprint density at radius 3 is 2.50 bits per heavy atom. The molecule has 0 aliphatic carbocycles. The smallest absolute Gasteiger partial charge is 0.305 e. The highest BCUT2D eigenvalue weighted by molar-refractivity contribution is 5.67. The fraction of sp³-hybridized carbons (Fsp3) is 0.700. The molecule has 0 saturated heterocycles. The molecule has 0 aliphatic heterocycles. The van der Waals surface area contributed by atoms with E-state index >= 15 is 0 Å². The van der Waals surface area contributed by atoms with E-state index in [4.69, 9.17) is 20.1 Å². The first-order valence-corrected chi connectivity index (χ1v) is 5.03. The summed E-state index contributed by atoms with van der Waals surface area (Å²) in [5.74, 6) is -1.90. The number of aliphatic hydroxyl groups excluding tert-OH is 1. The van der Waals surface area contributed by atoms with Gasteiger partial charge in [0.1, 0.15) is 0 Å². The van der Waals surface area contributed by atoms with Gasteiger partial charge in [-0.1, -0.05) is 0 Å². The molecule has 0 saturated carbocycles. The van der Waals surface area contributed by atoms with Crippen LogP contribution >= 0.6 is 0 Å². The number of hydrogen-bond donors (Lipinski definition) is 3. The van der Waals surface area contributed by atoms with Crippen molar-refractivity contribution in [2.45, 2.75) is 31.8 Å². The zero-order valence-corrected chi connectivity index (χ0v) is 8.96. The summed E-state index contributed by atoms with van der Waals surface area (Å²) in [5, 5.41) is 25.8. The molecule has 0 aliphatic rings. The second-order valence-electron chi connectivity index (χ2n) is 3.35. The highest BCUT2D eigenvalue weighted by Gasteiger charge is 2.08. The topological polar surface area (TPSA) is 104 Å². The highest BCUT2D eigenvalue weighted by atomic mass is 16.5. The molecule has 1 atom stereocenters. The van der Waals surface area contributed by atoms with Crippen LogP contribution in [0.5, 0.6) is 0 Å². The number of hydrogen-bond acceptors (Lipinski definition) is 4. The molecule has 0 heterocycles. The number of carboxylic acid groups (broad SMARTS) is 2. The first kappa shape index (κ1) is 14.9. The quantitative estimate of drug-likeness (QED) is 0.469. The molecule has 93 valence electrons. The van der Waals surface area contributed by atoms with Gasteiger partial charge in [0, 0.05) is 19.6 Å². The molecule has 1 unspecified atom stereocenters. The molecule has 6 heteroatoms. The van der Waals surface area contributed by atoms with Crippen molar-refractivity contribution < 1.29 is 29.6 Å². The molecule has 0 fully saturated rings. The maximum absolute atomic E-state index is 10.2. The Bertz CT molecular complexity index is 215. The predicted octanol–water partition coefficient (Wildman–Crippen LogP) is 0.298. The van der Waals surface area contributed by atoms with E-state index in [0.29, 0.717) is 13.0 Å². The lowest BCUT2D eigenvalue weighted by molar-refractivity contribution is -0.139. The average Bonchev–Trinajstić information content (AvgIpc) is 2.14. The van der Waals surface area contributed by atoms with Crippen molar-refractivity contribution in [1.82, 2.24) is 0 Å². The summed E-state index contributed by atoms with van der Waals surface area (Å²) in [6.45, 7) is 0.633. The van der Waals surface area contributed by atoms with Crippen LogP contribution in [0.4, 0.5) is 0 Å². The van der Waals surface area contributed by atoms with Crippen molar-refractivity contribution in [3.63, 3.8) is 0 Å². The molecule has 0 spiro atoms. The lowest BCUT2D eigenvalue weighted by atomic mass is 10.1. The van der Waals surface area contributed by atoms with E-state index in [1.807, 2.05) is 0 Å². The zero-order chi connectivity index (χ0) is 12.4. The summed E-state index contributed by atoms with van der Waals surface area (Å²) in [7, 11) is 0. The summed E-state index contributed by atoms with van der Waals surface area (Å²) in [5.41, 5.74) is 0. The first-order chi connectivity index (χ1) is 7.52. The van der Waals surface area contributed by atoms with Crippen LogP contribution in [0.1, 0.15) is 25.7 Å². The number of aliphatic carboxylic acids is 2. The van der Waals surface area contributed by atoms with Crippen LogP contribution in [0, 0.1) is 6.42 Å². The molecule has 16 heavy (non-hydrogen) atoms. The van der Waals surface area contributed by atoms with Crippen LogP contribution in [0.15, 0.2) is 0 Å². The van der Waals surface area contributed by atoms with Crippen molar-refractivity contribution in [3.8, 4) is 0 Å². The summed E-state index contributed by atoms with van der Waals surface area (Å²) < 4.78 is 5.06. The van der Waals surface area contributed by atoms with Crippen LogP contribution < -0.4 is 0 Å². The van der Waals surface area contributed by atoms with Gasteiger partial charge in [0.05, 0.1) is 12.5 Å². The van der Waals surface area contributed by atoms with Gasteiger partial charge in [-0.2, -0.15) is 0 Å². The van der Waals surface area contributed by atoms with Gasteiger partial charge in [0.25, 0.3) is 0 Å². The molecule has 3 N–H and O–H groups in total. The van der Waals surface area contributed by atoms with E-state index in [1.165, 1.54) is 0 Å². The molecular formula is C10H17O6. The normalized spacial score (nSPS) is 12.3. The summed E-state index contributed by atoms with van der Waals surface area (Å²) in [6, 6.07) is 0. The van der Waals surface area contributed by atoms with E-state index in [2.05, 4.69) is 0 Å². The molecule has 0 bridgehead atoms. The Morgan fingerprint density at radius 2 is 1.94 bits per heavy atom. The van der Waals surface area contributed by atoms with Crippen LogP contribution in [0.2, 0.25) is 0 Å². The number of rotatable bonds is 10. The Hall–Kier alpha value is -1.14. The monoisotopic (exact) mass is 233 g/mol. The van der Waals surface area contributed by atoms with Crippen LogP contribution in [-0.4, -0.2) is 46.6 Å². The third-order valence-corrected chi connectivity index (χ3v) is 1.76. The SMILES string of the molecule is O=C(O)CCCOC[CH]CC(O)CC(=O)O. The second kappa shape index (κ2) is 9.11. The summed E-state index contributed by atoms with van der Waals surface area (Å²) in [4.78, 5) is 20.3. The van der Waals surface area contributed by atoms with Crippen molar-refractivity contribution in [3.05, 3.63) is 6.42 Å². The molecule has 0 amide bonds. The molecule has 6 nitrogen and oxygen atoms in total. The Morgan fingerprint density at radius 1 is 1.25 bits per heavy atom. The van der Waals surface area contributed by atoms with Gasteiger partial charge in [-0.05, 0) is 19.3 Å². The molecule has 0 aromatic carbocycles. The molecule has 0 rings (SSSR count). The van der Waals surface area contributed by atoms with Gasteiger partial charge in [0.15, 0.2) is 0 Å². The molecule has 0 aromatic heterocycles. The molecular weight excluding hydrogens is 216 g/mol. The zero-order valence-electron chi connectivity index (χ0n) is 8.96. The van der Waals surface area contributed by atoms with Crippen molar-refractivity contribution >= 4 is 11.9 Å². The van der Waals surface area contributed by atoms with Gasteiger partial charge in [0.2, 0.25) is 0 Å². The van der Waals surface area contributed by atoms with Gasteiger partial charge < -0.3 is 20.1 Å². The maximum atomic E-state index is 10.2. The minimum absolute atomic E-state index is 0.0711. The largest absolute Gasteiger partial charge is 0.481 e. The van der Waals surface area contributed by atoms with E-state index in [9.17, 15) is 9.59 Å². The predicted molar refractivity (Wildman–Crippen MR) is 54.9 cm³/mol. The first-order valence-electron chi connectivity index (χ1n) is 5.03. The third-order valence-electron chi connectivity index (χ3n) is 1.76. The fourth-order valence-electron chi connectivity index (χ4n) is 1.04. The third kappa shape index (κ3) is 10.9. The van der Waals surface area contributed by atoms with Crippen LogP contribution in [-0.2, 0) is 14.3 Å². The van der Waals surface area contributed by atoms with E-state index in [0.717, 1.165) is 0 Å². The van der Waals surface area contributed by atoms with Crippen molar-refractivity contribution in [2.75, 3.05) is 13.2 Å². The van der Waals surface area contributed by atoms with Gasteiger partial charge in [-0.15, -0.1) is 0 Å². The lowest BCUT2D eigenvalue weighted by Gasteiger charge is -2.07. The number of carboxylic acids is 2. The molecule has 0 aromatic rings. The number of ether oxygens (including phenoxy) is 1. The van der Waals surface area contributed by atoms with E-state index < -0.39 is 18.0 Å². The lowest BCUT2D eigenvalue weighted by Crippen LogP contribution is -2.14. The average molecular weight is 233 g/mol. The Balaban J connectivity index is 3.20. The number of carbonyl (C=O) groups is 2. The Kier molecular flexibility index (Phi) is 8.46. The fourth-order valence-corrected chi connectivity index (χ4v) is 1.04. The van der Waals surface area contributed by atoms with Gasteiger partial charge >= 0.3 is 11.9 Å². The standard InChI is InChI=1S/C10H17O6/c11-8(7-10(14)15)3-1-5-16-6-2-4-9(12)13/h1,8,11H,2-7H2,(H,12,13)(H,14,15). The van der Waals surface area contributed by atoms with Crippen molar-refractivity contribution in [2.24, 2.45) is 0 Å². The highest BCUT2D eigenvalue weighted by Crippen LogP contribution is 2.01. The van der Waals surface area contributed by atoms with E-state index in [-0.39, 0.29) is 25.9 Å². The second-order valence-corrected chi connectivity index (χ2v) is 3.35. The minimum Gasteiger partial charge on any atom is -0.481 e.